The van der Waals surface area contributed by atoms with Crippen molar-refractivity contribution in [3.8, 4) is 0 Å². The standard InChI is InChI=1S/C14H28N2O/c1-3-4-9-12-16(2)14(17)13-10-7-5-6-8-11-15-13/h13,15H,3-12H2,1-2H3. The van der Waals surface area contributed by atoms with Crippen molar-refractivity contribution in [1.29, 1.82) is 0 Å². The molecule has 1 saturated heterocycles. The second kappa shape index (κ2) is 8.51. The van der Waals surface area contributed by atoms with Crippen LogP contribution < -0.4 is 5.32 Å². The third-order valence-electron chi connectivity index (χ3n) is 3.58. The SMILES string of the molecule is CCCCCN(C)C(=O)C1CCCCCCN1. The summed E-state index contributed by atoms with van der Waals surface area (Å²) in [6.07, 6.45) is 9.56. The lowest BCUT2D eigenvalue weighted by Crippen LogP contribution is -2.46. The van der Waals surface area contributed by atoms with Crippen LogP contribution in [0.25, 0.3) is 0 Å². The van der Waals surface area contributed by atoms with Crippen LogP contribution in [-0.2, 0) is 4.79 Å². The first-order valence-electron chi connectivity index (χ1n) is 7.24. The molecule has 0 radical (unpaired) electrons. The van der Waals surface area contributed by atoms with E-state index < -0.39 is 0 Å². The first-order valence-corrected chi connectivity index (χ1v) is 7.24. The highest BCUT2D eigenvalue weighted by atomic mass is 16.2. The third kappa shape index (κ3) is 5.53. The molecular formula is C14H28N2O. The van der Waals surface area contributed by atoms with Crippen LogP contribution in [0.2, 0.25) is 0 Å². The fourth-order valence-corrected chi connectivity index (χ4v) is 2.39. The normalized spacial score (nSPS) is 21.6. The van der Waals surface area contributed by atoms with Gasteiger partial charge in [0.2, 0.25) is 5.91 Å². The molecule has 1 aliphatic rings. The van der Waals surface area contributed by atoms with Crippen LogP contribution in [0, 0.1) is 0 Å². The van der Waals surface area contributed by atoms with E-state index in [0.29, 0.717) is 5.91 Å². The van der Waals surface area contributed by atoms with E-state index in [1.54, 1.807) is 0 Å². The number of nitrogens with one attached hydrogen (secondary N) is 1. The summed E-state index contributed by atoms with van der Waals surface area (Å²) in [4.78, 5) is 14.1. The Morgan fingerprint density at radius 3 is 2.76 bits per heavy atom. The van der Waals surface area contributed by atoms with E-state index in [1.807, 2.05) is 11.9 Å². The second-order valence-electron chi connectivity index (χ2n) is 5.18. The zero-order valence-corrected chi connectivity index (χ0v) is 11.5. The van der Waals surface area contributed by atoms with E-state index in [4.69, 9.17) is 0 Å². The molecule has 1 aliphatic heterocycles. The predicted molar refractivity (Wildman–Crippen MR) is 72.0 cm³/mol. The topological polar surface area (TPSA) is 32.3 Å². The largest absolute Gasteiger partial charge is 0.344 e. The lowest BCUT2D eigenvalue weighted by atomic mass is 10.0. The number of nitrogens with zero attached hydrogens (tertiary/aromatic N) is 1. The molecule has 0 aliphatic carbocycles. The van der Waals surface area contributed by atoms with Gasteiger partial charge in [0.15, 0.2) is 0 Å². The van der Waals surface area contributed by atoms with Crippen molar-refractivity contribution in [2.45, 2.75) is 64.3 Å². The number of amides is 1. The van der Waals surface area contributed by atoms with E-state index in [9.17, 15) is 4.79 Å². The molecule has 0 aromatic carbocycles. The monoisotopic (exact) mass is 240 g/mol. The molecule has 1 heterocycles. The van der Waals surface area contributed by atoms with E-state index in [0.717, 1.165) is 25.9 Å². The van der Waals surface area contributed by atoms with Crippen LogP contribution >= 0.6 is 0 Å². The maximum Gasteiger partial charge on any atom is 0.239 e. The fourth-order valence-electron chi connectivity index (χ4n) is 2.39. The summed E-state index contributed by atoms with van der Waals surface area (Å²) in [6.45, 7) is 4.10. The molecule has 0 aromatic heterocycles. The Labute approximate surface area is 106 Å². The molecule has 1 fully saturated rings. The van der Waals surface area contributed by atoms with Gasteiger partial charge in [-0.1, -0.05) is 39.0 Å². The van der Waals surface area contributed by atoms with Crippen LogP contribution in [-0.4, -0.2) is 37.0 Å². The molecule has 1 amide bonds. The maximum atomic E-state index is 12.2. The Bertz CT molecular complexity index is 210. The summed E-state index contributed by atoms with van der Waals surface area (Å²) in [5.74, 6) is 0.294. The zero-order chi connectivity index (χ0) is 12.5. The Kier molecular flexibility index (Phi) is 7.25. The van der Waals surface area contributed by atoms with Crippen LogP contribution in [0.4, 0.5) is 0 Å². The lowest BCUT2D eigenvalue weighted by molar-refractivity contribution is -0.132. The second-order valence-corrected chi connectivity index (χ2v) is 5.18. The van der Waals surface area contributed by atoms with Crippen molar-refractivity contribution in [3.63, 3.8) is 0 Å². The fraction of sp³-hybridized carbons (Fsp3) is 0.929. The molecule has 1 rings (SSSR count). The molecule has 17 heavy (non-hydrogen) atoms. The summed E-state index contributed by atoms with van der Waals surface area (Å²) >= 11 is 0. The van der Waals surface area contributed by atoms with Gasteiger partial charge in [0.25, 0.3) is 0 Å². The van der Waals surface area contributed by atoms with Gasteiger partial charge >= 0.3 is 0 Å². The van der Waals surface area contributed by atoms with Crippen molar-refractivity contribution < 1.29 is 4.79 Å². The van der Waals surface area contributed by atoms with E-state index in [2.05, 4.69) is 12.2 Å². The summed E-state index contributed by atoms with van der Waals surface area (Å²) in [6, 6.07) is 0.0712. The summed E-state index contributed by atoms with van der Waals surface area (Å²) in [7, 11) is 1.94. The number of hydrogen-bond donors (Lipinski definition) is 1. The number of rotatable bonds is 5. The van der Waals surface area contributed by atoms with Gasteiger partial charge in [-0.2, -0.15) is 0 Å². The van der Waals surface area contributed by atoms with Gasteiger partial charge in [-0.05, 0) is 25.8 Å². The van der Waals surface area contributed by atoms with Crippen LogP contribution in [0.5, 0.6) is 0 Å². The van der Waals surface area contributed by atoms with E-state index in [1.165, 1.54) is 38.5 Å². The first-order chi connectivity index (χ1) is 8.25. The molecule has 1 N–H and O–H groups in total. The first kappa shape index (κ1) is 14.5. The Morgan fingerprint density at radius 2 is 2.00 bits per heavy atom. The summed E-state index contributed by atoms with van der Waals surface area (Å²) < 4.78 is 0. The predicted octanol–water partition coefficient (Wildman–Crippen LogP) is 2.56. The van der Waals surface area contributed by atoms with E-state index in [-0.39, 0.29) is 6.04 Å². The Balaban J connectivity index is 2.32. The number of unbranched alkanes of at least 4 members (excludes halogenated alkanes) is 2. The van der Waals surface area contributed by atoms with Crippen molar-refractivity contribution >= 4 is 5.91 Å². The van der Waals surface area contributed by atoms with E-state index >= 15 is 0 Å². The molecule has 0 saturated carbocycles. The van der Waals surface area contributed by atoms with Gasteiger partial charge in [0.05, 0.1) is 6.04 Å². The van der Waals surface area contributed by atoms with Gasteiger partial charge in [-0.3, -0.25) is 4.79 Å². The Hall–Kier alpha value is -0.570. The highest BCUT2D eigenvalue weighted by Crippen LogP contribution is 2.11. The van der Waals surface area contributed by atoms with Gasteiger partial charge in [0, 0.05) is 13.6 Å². The van der Waals surface area contributed by atoms with Gasteiger partial charge in [0.1, 0.15) is 0 Å². The number of carbonyl (C=O) groups is 1. The Morgan fingerprint density at radius 1 is 1.24 bits per heavy atom. The smallest absolute Gasteiger partial charge is 0.239 e. The molecular weight excluding hydrogens is 212 g/mol. The molecule has 0 bridgehead atoms. The molecule has 0 aromatic rings. The van der Waals surface area contributed by atoms with Gasteiger partial charge in [-0.25, -0.2) is 0 Å². The highest BCUT2D eigenvalue weighted by molar-refractivity contribution is 5.81. The average molecular weight is 240 g/mol. The lowest BCUT2D eigenvalue weighted by Gasteiger charge is -2.26. The quantitative estimate of drug-likeness (QED) is 0.749. The van der Waals surface area contributed by atoms with Crippen molar-refractivity contribution in [1.82, 2.24) is 10.2 Å². The van der Waals surface area contributed by atoms with Crippen LogP contribution in [0.1, 0.15) is 58.3 Å². The number of likely N-dealkylation sites (N-methyl/N-ethyl adjacent to an activating group) is 1. The highest BCUT2D eigenvalue weighted by Gasteiger charge is 2.21. The van der Waals surface area contributed by atoms with Crippen molar-refractivity contribution in [3.05, 3.63) is 0 Å². The minimum Gasteiger partial charge on any atom is -0.344 e. The minimum absolute atomic E-state index is 0.0712. The maximum absolute atomic E-state index is 12.2. The minimum atomic E-state index is 0.0712. The van der Waals surface area contributed by atoms with Crippen molar-refractivity contribution in [2.75, 3.05) is 20.1 Å². The average Bonchev–Trinajstić information content (AvgIpc) is 2.28. The summed E-state index contributed by atoms with van der Waals surface area (Å²) in [5.41, 5.74) is 0. The summed E-state index contributed by atoms with van der Waals surface area (Å²) in [5, 5.41) is 3.40. The third-order valence-corrected chi connectivity index (χ3v) is 3.58. The van der Waals surface area contributed by atoms with Crippen LogP contribution in [0.15, 0.2) is 0 Å². The van der Waals surface area contributed by atoms with Gasteiger partial charge in [-0.15, -0.1) is 0 Å². The molecule has 1 unspecified atom stereocenters. The zero-order valence-electron chi connectivity index (χ0n) is 11.5. The number of hydrogen-bond acceptors (Lipinski definition) is 2. The van der Waals surface area contributed by atoms with Gasteiger partial charge < -0.3 is 10.2 Å². The molecule has 3 nitrogen and oxygen atoms in total. The molecule has 1 atom stereocenters. The molecule has 3 heteroatoms. The molecule has 0 spiro atoms. The molecule has 100 valence electrons. The van der Waals surface area contributed by atoms with Crippen LogP contribution in [0.3, 0.4) is 0 Å². The van der Waals surface area contributed by atoms with Crippen molar-refractivity contribution in [2.24, 2.45) is 0 Å². The number of carbonyl (C=O) groups excluding carboxylic acids is 1.